The first-order valence-corrected chi connectivity index (χ1v) is 8.32. The van der Waals surface area contributed by atoms with Crippen LogP contribution in [0.15, 0.2) is 48.5 Å². The first-order valence-electron chi connectivity index (χ1n) is 8.32. The Bertz CT molecular complexity index is 913. The second-order valence-corrected chi connectivity index (χ2v) is 5.51. The van der Waals surface area contributed by atoms with Crippen LogP contribution in [0.1, 0.15) is 48.9 Å². The Kier molecular flexibility index (Phi) is 13.8. The fourth-order valence-electron chi connectivity index (χ4n) is 1.86. The predicted octanol–water partition coefficient (Wildman–Crippen LogP) is 3.04. The van der Waals surface area contributed by atoms with Crippen LogP contribution in [-0.2, 0) is 19.1 Å². The summed E-state index contributed by atoms with van der Waals surface area (Å²) < 4.78 is 3.97. The Morgan fingerprint density at radius 2 is 1.19 bits per heavy atom. The van der Waals surface area contributed by atoms with Crippen molar-refractivity contribution < 1.29 is 38.9 Å². The summed E-state index contributed by atoms with van der Waals surface area (Å²) in [4.78, 5) is 51.3. The minimum Gasteiger partial charge on any atom is -0.478 e. The zero-order valence-electron chi connectivity index (χ0n) is 16.5. The molecule has 168 valence electrons. The molecule has 0 heterocycles. The summed E-state index contributed by atoms with van der Waals surface area (Å²) in [5.41, 5.74) is 6.21. The maximum Gasteiger partial charge on any atom is 0.337 e. The molecule has 0 radical (unpaired) electrons. The van der Waals surface area contributed by atoms with E-state index in [2.05, 4.69) is 10.1 Å². The average Bonchev–Trinajstić information content (AvgIpc) is 2.61. The van der Waals surface area contributed by atoms with Gasteiger partial charge in [0.2, 0.25) is 5.91 Å². The van der Waals surface area contributed by atoms with E-state index < -0.39 is 23.9 Å². The molecule has 0 aliphatic carbocycles. The van der Waals surface area contributed by atoms with Gasteiger partial charge in [0.05, 0.1) is 16.8 Å². The first kappa shape index (κ1) is 29.0. The Balaban J connectivity index is 0. The lowest BCUT2D eigenvalue weighted by molar-refractivity contribution is -0.156. The predicted molar refractivity (Wildman–Crippen MR) is 115 cm³/mol. The minimum atomic E-state index is -1.05. The lowest BCUT2D eigenvalue weighted by Crippen LogP contribution is -2.10. The Labute approximate surface area is 179 Å². The molecule has 0 saturated carbocycles. The van der Waals surface area contributed by atoms with Crippen molar-refractivity contribution in [3.63, 3.8) is 0 Å². The molecule has 2 aromatic rings. The third-order valence-corrected chi connectivity index (χ3v) is 2.95. The zero-order valence-corrected chi connectivity index (χ0v) is 16.5. The first-order chi connectivity index (χ1) is 14.0. The number of nitrogens with two attached hydrogens (primary N) is 1. The molecule has 2 aromatic carbocycles. The number of nitrogens with one attached hydrogen (secondary N) is 1. The van der Waals surface area contributed by atoms with E-state index in [4.69, 9.17) is 15.9 Å². The number of carboxylic acids is 2. The molecule has 0 atom stereocenters. The highest BCUT2D eigenvalue weighted by atomic mass is 16.6. The molecular weight excluding hydrogens is 408 g/mol. The monoisotopic (exact) mass is 434 g/mol. The van der Waals surface area contributed by atoms with Crippen molar-refractivity contribution >= 4 is 41.2 Å². The van der Waals surface area contributed by atoms with Crippen LogP contribution in [-0.4, -0.2) is 40.0 Å². The average molecular weight is 434 g/mol. The molecule has 0 spiro atoms. The van der Waals surface area contributed by atoms with Gasteiger partial charge in [-0.25, -0.2) is 9.59 Å². The number of carbonyl (C=O) groups is 5. The van der Waals surface area contributed by atoms with Gasteiger partial charge < -0.3 is 26.0 Å². The van der Waals surface area contributed by atoms with E-state index in [1.807, 2.05) is 0 Å². The molecule has 0 bridgehead atoms. The molecule has 10 heteroatoms. The summed E-state index contributed by atoms with van der Waals surface area (Å²) in [5.74, 6) is -3.45. The largest absolute Gasteiger partial charge is 0.478 e. The van der Waals surface area contributed by atoms with Gasteiger partial charge in [-0.2, -0.15) is 0 Å². The van der Waals surface area contributed by atoms with Crippen molar-refractivity contribution in [3.05, 3.63) is 59.7 Å². The van der Waals surface area contributed by atoms with Gasteiger partial charge in [0.15, 0.2) is 0 Å². The van der Waals surface area contributed by atoms with Gasteiger partial charge in [0, 0.05) is 26.5 Å². The molecular formula is C21H26N2O8. The topological polar surface area (TPSA) is 173 Å². The molecule has 0 unspecified atom stereocenters. The number of nitrogen functional groups attached to an aromatic ring is 1. The van der Waals surface area contributed by atoms with Crippen molar-refractivity contribution in [1.29, 1.82) is 0 Å². The van der Waals surface area contributed by atoms with E-state index in [-0.39, 0.29) is 24.5 Å². The van der Waals surface area contributed by atoms with Crippen LogP contribution in [0.5, 0.6) is 0 Å². The van der Waals surface area contributed by atoms with Crippen molar-refractivity contribution in [2.75, 3.05) is 11.1 Å². The summed E-state index contributed by atoms with van der Waals surface area (Å²) in [6.07, 6.45) is 0. The maximum atomic E-state index is 10.7. The van der Waals surface area contributed by atoms with Gasteiger partial charge in [-0.15, -0.1) is 0 Å². The van der Waals surface area contributed by atoms with Gasteiger partial charge in [-0.05, 0) is 24.3 Å². The number of carboxylic acid groups (broad SMARTS) is 2. The van der Waals surface area contributed by atoms with Crippen LogP contribution in [0.3, 0.4) is 0 Å². The molecule has 0 aliphatic heterocycles. The van der Waals surface area contributed by atoms with E-state index in [1.54, 1.807) is 36.4 Å². The number of hydrogen-bond donors (Lipinski definition) is 4. The van der Waals surface area contributed by atoms with E-state index >= 15 is 0 Å². The van der Waals surface area contributed by atoms with Crippen molar-refractivity contribution in [2.45, 2.75) is 28.2 Å². The molecule has 0 aromatic heterocycles. The number of anilines is 2. The number of rotatable bonds is 3. The number of esters is 2. The number of amides is 1. The standard InChI is InChI=1S/C9H9NO3.C7H7NO2.C4H6O3.CH4/c1-6(11)10-8-5-3-2-4-7(8)9(12)13;8-6-4-2-1-3-5(6)7(9)10;1-3(5)7-4(2)6;/h2-5H,1H3,(H,10,11)(H,12,13);1-4H,8H2,(H,9,10);1-2H3;1H4. The number of ether oxygens (including phenoxy) is 1. The lowest BCUT2D eigenvalue weighted by atomic mass is 10.2. The summed E-state index contributed by atoms with van der Waals surface area (Å²) in [6.45, 7) is 3.70. The summed E-state index contributed by atoms with van der Waals surface area (Å²) >= 11 is 0. The van der Waals surface area contributed by atoms with E-state index in [0.29, 0.717) is 11.4 Å². The van der Waals surface area contributed by atoms with Crippen LogP contribution in [0.4, 0.5) is 11.4 Å². The van der Waals surface area contributed by atoms with Crippen molar-refractivity contribution in [2.24, 2.45) is 0 Å². The highest BCUT2D eigenvalue weighted by Gasteiger charge is 2.08. The van der Waals surface area contributed by atoms with Crippen LogP contribution in [0.25, 0.3) is 0 Å². The summed E-state index contributed by atoms with van der Waals surface area (Å²) in [7, 11) is 0. The smallest absolute Gasteiger partial charge is 0.337 e. The fraction of sp³-hybridized carbons (Fsp3) is 0.190. The third-order valence-electron chi connectivity index (χ3n) is 2.95. The van der Waals surface area contributed by atoms with E-state index in [9.17, 15) is 24.0 Å². The SMILES string of the molecule is C.CC(=O)Nc1ccccc1C(=O)O.CC(=O)OC(C)=O.Nc1ccccc1C(=O)O. The van der Waals surface area contributed by atoms with Gasteiger partial charge in [0.25, 0.3) is 0 Å². The third kappa shape index (κ3) is 12.8. The Morgan fingerprint density at radius 1 is 0.774 bits per heavy atom. The quantitative estimate of drug-likeness (QED) is 0.321. The second kappa shape index (κ2) is 14.7. The Hall–Kier alpha value is -4.21. The molecule has 0 fully saturated rings. The van der Waals surface area contributed by atoms with Gasteiger partial charge in [-0.1, -0.05) is 31.7 Å². The molecule has 10 nitrogen and oxygen atoms in total. The number of benzene rings is 2. The van der Waals surface area contributed by atoms with Gasteiger partial charge >= 0.3 is 23.9 Å². The number of hydrogen-bond acceptors (Lipinski definition) is 7. The minimum absolute atomic E-state index is 0. The van der Waals surface area contributed by atoms with Crippen LogP contribution in [0.2, 0.25) is 0 Å². The molecule has 0 saturated heterocycles. The normalized spacial score (nSPS) is 8.61. The number of para-hydroxylation sites is 2. The van der Waals surface area contributed by atoms with Crippen molar-refractivity contribution in [3.8, 4) is 0 Å². The Morgan fingerprint density at radius 3 is 1.52 bits per heavy atom. The second-order valence-electron chi connectivity index (χ2n) is 5.51. The number of aromatic carboxylic acids is 2. The maximum absolute atomic E-state index is 10.7. The summed E-state index contributed by atoms with van der Waals surface area (Å²) in [6, 6.07) is 12.6. The van der Waals surface area contributed by atoms with Crippen LogP contribution in [0, 0.1) is 0 Å². The fourth-order valence-corrected chi connectivity index (χ4v) is 1.86. The molecule has 2 rings (SSSR count). The van der Waals surface area contributed by atoms with Gasteiger partial charge in [0.1, 0.15) is 0 Å². The number of carbonyl (C=O) groups excluding carboxylic acids is 3. The van der Waals surface area contributed by atoms with E-state index in [0.717, 1.165) is 0 Å². The molecule has 31 heavy (non-hydrogen) atoms. The molecule has 1 amide bonds. The van der Waals surface area contributed by atoms with E-state index in [1.165, 1.54) is 32.9 Å². The van der Waals surface area contributed by atoms with Crippen LogP contribution >= 0.6 is 0 Å². The molecule has 0 aliphatic rings. The van der Waals surface area contributed by atoms with Crippen LogP contribution < -0.4 is 11.1 Å². The lowest BCUT2D eigenvalue weighted by Gasteiger charge is -2.04. The van der Waals surface area contributed by atoms with Crippen molar-refractivity contribution in [1.82, 2.24) is 0 Å². The van der Waals surface area contributed by atoms with Gasteiger partial charge in [-0.3, -0.25) is 14.4 Å². The molecule has 5 N–H and O–H groups in total. The highest BCUT2D eigenvalue weighted by molar-refractivity contribution is 5.99. The zero-order chi connectivity index (χ0) is 23.3. The summed E-state index contributed by atoms with van der Waals surface area (Å²) in [5, 5.41) is 19.6. The highest BCUT2D eigenvalue weighted by Crippen LogP contribution is 2.14.